The minimum atomic E-state index is -0.636. The van der Waals surface area contributed by atoms with Gasteiger partial charge in [-0.15, -0.1) is 11.3 Å². The molecule has 0 N–H and O–H groups in total. The van der Waals surface area contributed by atoms with Crippen LogP contribution < -0.4 is 9.47 Å². The van der Waals surface area contributed by atoms with Crippen LogP contribution >= 0.6 is 22.9 Å². The van der Waals surface area contributed by atoms with Crippen LogP contribution in [-0.4, -0.2) is 73.6 Å². The lowest BCUT2D eigenvalue weighted by Gasteiger charge is -2.28. The molecule has 0 unspecified atom stereocenters. The van der Waals surface area contributed by atoms with E-state index in [0.717, 1.165) is 21.4 Å². The second kappa shape index (κ2) is 16.1. The average molecular weight is 618 g/mol. The smallest absolute Gasteiger partial charge is 0.288 e. The fourth-order valence-electron chi connectivity index (χ4n) is 4.34. The van der Waals surface area contributed by atoms with E-state index >= 15 is 0 Å². The Bertz CT molecular complexity index is 1380. The molecule has 3 rings (SSSR count). The van der Waals surface area contributed by atoms with Crippen molar-refractivity contribution in [3.63, 3.8) is 0 Å². The van der Waals surface area contributed by atoms with Crippen LogP contribution in [0.3, 0.4) is 0 Å². The quantitative estimate of drug-likeness (QED) is 0.114. The second-order valence-corrected chi connectivity index (χ2v) is 11.2. The number of nitro groups is 1. The zero-order valence-corrected chi connectivity index (χ0v) is 25.8. The van der Waals surface area contributed by atoms with Crippen molar-refractivity contribution in [2.75, 3.05) is 47.1 Å². The topological polar surface area (TPSA) is 111 Å². The van der Waals surface area contributed by atoms with E-state index in [0.29, 0.717) is 50.6 Å². The highest BCUT2D eigenvalue weighted by atomic mass is 35.5. The molecule has 0 saturated carbocycles. The van der Waals surface area contributed by atoms with Crippen LogP contribution in [0, 0.1) is 17.0 Å². The number of carbonyl (C=O) groups excluding carboxylic acids is 2. The molecular formula is C30H36ClN3O7S. The molecule has 0 fully saturated rings. The minimum absolute atomic E-state index is 0.0666. The molecule has 1 heterocycles. The molecule has 0 aliphatic heterocycles. The first-order valence-electron chi connectivity index (χ1n) is 13.5. The molecule has 10 nitrogen and oxygen atoms in total. The van der Waals surface area contributed by atoms with Gasteiger partial charge in [-0.1, -0.05) is 17.7 Å². The van der Waals surface area contributed by atoms with Gasteiger partial charge < -0.3 is 24.0 Å². The lowest BCUT2D eigenvalue weighted by atomic mass is 10.1. The summed E-state index contributed by atoms with van der Waals surface area (Å²) in [5.41, 5.74) is 0.680. The number of amides is 2. The lowest BCUT2D eigenvalue weighted by molar-refractivity contribution is -0.384. The molecule has 0 saturated heterocycles. The first kappa shape index (κ1) is 32.8. The van der Waals surface area contributed by atoms with Gasteiger partial charge in [-0.25, -0.2) is 0 Å². The molecule has 3 aromatic rings. The van der Waals surface area contributed by atoms with Crippen molar-refractivity contribution in [3.05, 3.63) is 84.5 Å². The third-order valence-corrected chi connectivity index (χ3v) is 7.84. The molecule has 226 valence electrons. The molecule has 0 radical (unpaired) electrons. The van der Waals surface area contributed by atoms with Crippen molar-refractivity contribution in [1.29, 1.82) is 0 Å². The van der Waals surface area contributed by atoms with Gasteiger partial charge in [0.25, 0.3) is 11.6 Å². The van der Waals surface area contributed by atoms with Gasteiger partial charge >= 0.3 is 0 Å². The van der Waals surface area contributed by atoms with E-state index in [4.69, 9.17) is 25.8 Å². The molecule has 2 amide bonds. The van der Waals surface area contributed by atoms with E-state index in [-0.39, 0.29) is 35.3 Å². The van der Waals surface area contributed by atoms with Crippen molar-refractivity contribution in [1.82, 2.24) is 9.80 Å². The molecule has 0 aliphatic rings. The van der Waals surface area contributed by atoms with Gasteiger partial charge in [0.1, 0.15) is 11.6 Å². The summed E-state index contributed by atoms with van der Waals surface area (Å²) in [4.78, 5) is 43.4. The SMILES string of the molecule is CCOCCCN(CC(=O)N(CCc1ccc(OC)c(OC)c1)Cc1ccc(C)s1)C(=O)c1ccc(Cl)c([N+](=O)[O-])c1. The number of halogens is 1. The molecule has 42 heavy (non-hydrogen) atoms. The van der Waals surface area contributed by atoms with Crippen LogP contribution in [-0.2, 0) is 22.5 Å². The standard InChI is InChI=1S/C30H36ClN3O7S/c1-5-41-16-6-14-33(30(36)23-9-11-25(31)26(18-23)34(37)38)20-29(35)32(19-24-10-7-21(2)42-24)15-13-22-8-12-27(39-3)28(17-22)40-4/h7-12,17-18H,5-6,13-16,19-20H2,1-4H3. The Labute approximate surface area is 254 Å². The molecule has 12 heteroatoms. The van der Waals surface area contributed by atoms with Crippen molar-refractivity contribution in [2.24, 2.45) is 0 Å². The molecule has 0 aliphatic carbocycles. The number of carbonyl (C=O) groups is 2. The maximum absolute atomic E-state index is 13.8. The molecule has 0 atom stereocenters. The predicted molar refractivity (Wildman–Crippen MR) is 163 cm³/mol. The molecule has 0 bridgehead atoms. The van der Waals surface area contributed by atoms with E-state index in [1.807, 2.05) is 44.2 Å². The van der Waals surface area contributed by atoms with Crippen molar-refractivity contribution in [3.8, 4) is 11.5 Å². The number of benzene rings is 2. The Morgan fingerprint density at radius 3 is 2.40 bits per heavy atom. The number of hydrogen-bond donors (Lipinski definition) is 0. The van der Waals surface area contributed by atoms with Gasteiger partial charge in [0.15, 0.2) is 11.5 Å². The number of nitro benzene ring substituents is 1. The van der Waals surface area contributed by atoms with E-state index in [9.17, 15) is 19.7 Å². The van der Waals surface area contributed by atoms with E-state index in [2.05, 4.69) is 0 Å². The first-order valence-corrected chi connectivity index (χ1v) is 14.7. The van der Waals surface area contributed by atoms with Crippen LogP contribution in [0.1, 0.15) is 39.0 Å². The van der Waals surface area contributed by atoms with Gasteiger partial charge in [-0.2, -0.15) is 0 Å². The molecule has 0 spiro atoms. The summed E-state index contributed by atoms with van der Waals surface area (Å²) < 4.78 is 16.2. The number of hydrogen-bond acceptors (Lipinski definition) is 8. The Balaban J connectivity index is 1.84. The maximum atomic E-state index is 13.8. The summed E-state index contributed by atoms with van der Waals surface area (Å²) in [7, 11) is 3.15. The fraction of sp³-hybridized carbons (Fsp3) is 0.400. The molecular weight excluding hydrogens is 582 g/mol. The molecule has 1 aromatic heterocycles. The van der Waals surface area contributed by atoms with Gasteiger partial charge in [-0.05, 0) is 68.7 Å². The van der Waals surface area contributed by atoms with Gasteiger partial charge in [0, 0.05) is 47.7 Å². The van der Waals surface area contributed by atoms with Crippen LogP contribution in [0.4, 0.5) is 5.69 Å². The average Bonchev–Trinajstić information content (AvgIpc) is 3.40. The normalized spacial score (nSPS) is 10.8. The second-order valence-electron chi connectivity index (χ2n) is 9.47. The van der Waals surface area contributed by atoms with Gasteiger partial charge in [-0.3, -0.25) is 19.7 Å². The monoisotopic (exact) mass is 617 g/mol. The zero-order chi connectivity index (χ0) is 30.6. The van der Waals surface area contributed by atoms with E-state index < -0.39 is 10.8 Å². The molecule has 2 aromatic carbocycles. The zero-order valence-electron chi connectivity index (χ0n) is 24.3. The lowest BCUT2D eigenvalue weighted by Crippen LogP contribution is -2.44. The number of aryl methyl sites for hydroxylation is 1. The third kappa shape index (κ3) is 9.17. The third-order valence-electron chi connectivity index (χ3n) is 6.54. The Hall–Kier alpha value is -3.67. The largest absolute Gasteiger partial charge is 0.493 e. The predicted octanol–water partition coefficient (Wildman–Crippen LogP) is 5.78. The number of rotatable bonds is 16. The summed E-state index contributed by atoms with van der Waals surface area (Å²) in [5, 5.41) is 11.4. The summed E-state index contributed by atoms with van der Waals surface area (Å²) >= 11 is 7.57. The number of ether oxygens (including phenoxy) is 3. The van der Waals surface area contributed by atoms with E-state index in [1.54, 1.807) is 30.5 Å². The highest BCUT2D eigenvalue weighted by molar-refractivity contribution is 7.11. The summed E-state index contributed by atoms with van der Waals surface area (Å²) in [5.74, 6) is 0.484. The highest BCUT2D eigenvalue weighted by Gasteiger charge is 2.25. The van der Waals surface area contributed by atoms with Crippen molar-refractivity contribution < 1.29 is 28.7 Å². The van der Waals surface area contributed by atoms with Crippen molar-refractivity contribution in [2.45, 2.75) is 33.2 Å². The Morgan fingerprint density at radius 1 is 1.00 bits per heavy atom. The van der Waals surface area contributed by atoms with Crippen LogP contribution in [0.2, 0.25) is 5.02 Å². The van der Waals surface area contributed by atoms with Crippen LogP contribution in [0.25, 0.3) is 0 Å². The highest BCUT2D eigenvalue weighted by Crippen LogP contribution is 2.28. The van der Waals surface area contributed by atoms with Gasteiger partial charge in [0.2, 0.25) is 5.91 Å². The number of thiophene rings is 1. The van der Waals surface area contributed by atoms with Crippen LogP contribution in [0.5, 0.6) is 11.5 Å². The maximum Gasteiger partial charge on any atom is 0.288 e. The first-order chi connectivity index (χ1) is 20.2. The number of methoxy groups -OCH3 is 2. The Kier molecular flexibility index (Phi) is 12.6. The summed E-state index contributed by atoms with van der Waals surface area (Å²) in [6, 6.07) is 13.5. The van der Waals surface area contributed by atoms with E-state index in [1.165, 1.54) is 17.0 Å². The van der Waals surface area contributed by atoms with Crippen molar-refractivity contribution >= 4 is 40.4 Å². The Morgan fingerprint density at radius 2 is 1.76 bits per heavy atom. The van der Waals surface area contributed by atoms with Gasteiger partial charge in [0.05, 0.1) is 25.7 Å². The fourth-order valence-corrected chi connectivity index (χ4v) is 5.43. The minimum Gasteiger partial charge on any atom is -0.493 e. The number of nitrogens with zero attached hydrogens (tertiary/aromatic N) is 3. The summed E-state index contributed by atoms with van der Waals surface area (Å²) in [6.07, 6.45) is 1.05. The summed E-state index contributed by atoms with van der Waals surface area (Å²) in [6.45, 7) is 5.65. The van der Waals surface area contributed by atoms with Crippen LogP contribution in [0.15, 0.2) is 48.5 Å².